The SMILES string of the molecule is C=CC(C)Nc1ccc(C(C)(C)C)cn1. The van der Waals surface area contributed by atoms with Crippen LogP contribution in [0, 0.1) is 0 Å². The molecule has 1 unspecified atom stereocenters. The highest BCUT2D eigenvalue weighted by atomic mass is 15.0. The molecule has 1 aromatic heterocycles. The summed E-state index contributed by atoms with van der Waals surface area (Å²) in [6.07, 6.45) is 3.79. The van der Waals surface area contributed by atoms with E-state index >= 15 is 0 Å². The first kappa shape index (κ1) is 11.8. The second-order valence-corrected chi connectivity index (χ2v) is 4.85. The van der Waals surface area contributed by atoms with Crippen molar-refractivity contribution in [3.63, 3.8) is 0 Å². The molecular formula is C13H20N2. The van der Waals surface area contributed by atoms with E-state index in [9.17, 15) is 0 Å². The van der Waals surface area contributed by atoms with Gasteiger partial charge in [-0.25, -0.2) is 4.98 Å². The van der Waals surface area contributed by atoms with Crippen molar-refractivity contribution in [3.8, 4) is 0 Å². The van der Waals surface area contributed by atoms with Crippen LogP contribution in [0.25, 0.3) is 0 Å². The van der Waals surface area contributed by atoms with Crippen molar-refractivity contribution in [2.24, 2.45) is 0 Å². The van der Waals surface area contributed by atoms with Gasteiger partial charge in [0, 0.05) is 12.2 Å². The van der Waals surface area contributed by atoms with Crippen LogP contribution in [0.4, 0.5) is 5.82 Å². The molecule has 1 heterocycles. The molecule has 0 fully saturated rings. The van der Waals surface area contributed by atoms with Gasteiger partial charge in [0.15, 0.2) is 0 Å². The van der Waals surface area contributed by atoms with Crippen molar-refractivity contribution in [2.45, 2.75) is 39.2 Å². The first-order chi connectivity index (χ1) is 6.93. The molecule has 0 bridgehead atoms. The number of anilines is 1. The van der Waals surface area contributed by atoms with Gasteiger partial charge in [0.25, 0.3) is 0 Å². The van der Waals surface area contributed by atoms with E-state index in [-0.39, 0.29) is 11.5 Å². The molecule has 0 saturated heterocycles. The third-order valence-electron chi connectivity index (χ3n) is 2.36. The molecular weight excluding hydrogens is 184 g/mol. The highest BCUT2D eigenvalue weighted by Gasteiger charge is 2.13. The quantitative estimate of drug-likeness (QED) is 0.764. The van der Waals surface area contributed by atoms with Crippen molar-refractivity contribution in [1.82, 2.24) is 4.98 Å². The average Bonchev–Trinajstić information content (AvgIpc) is 2.17. The van der Waals surface area contributed by atoms with Crippen LogP contribution < -0.4 is 5.32 Å². The lowest BCUT2D eigenvalue weighted by Gasteiger charge is -2.19. The summed E-state index contributed by atoms with van der Waals surface area (Å²) in [4.78, 5) is 4.37. The molecule has 0 aliphatic carbocycles. The van der Waals surface area contributed by atoms with E-state index in [1.54, 1.807) is 0 Å². The summed E-state index contributed by atoms with van der Waals surface area (Å²) in [5, 5.41) is 3.24. The van der Waals surface area contributed by atoms with Gasteiger partial charge in [0.05, 0.1) is 0 Å². The number of pyridine rings is 1. The van der Waals surface area contributed by atoms with E-state index in [0.717, 1.165) is 5.82 Å². The maximum atomic E-state index is 4.37. The second-order valence-electron chi connectivity index (χ2n) is 4.85. The Hall–Kier alpha value is -1.31. The third kappa shape index (κ3) is 3.39. The minimum absolute atomic E-state index is 0.162. The van der Waals surface area contributed by atoms with Crippen LogP contribution in [0.2, 0.25) is 0 Å². The van der Waals surface area contributed by atoms with Crippen LogP contribution in [0.1, 0.15) is 33.3 Å². The highest BCUT2D eigenvalue weighted by molar-refractivity contribution is 5.38. The highest BCUT2D eigenvalue weighted by Crippen LogP contribution is 2.21. The van der Waals surface area contributed by atoms with Gasteiger partial charge in [0.2, 0.25) is 0 Å². The lowest BCUT2D eigenvalue weighted by atomic mass is 9.88. The fourth-order valence-electron chi connectivity index (χ4n) is 1.22. The van der Waals surface area contributed by atoms with Gasteiger partial charge in [-0.3, -0.25) is 0 Å². The summed E-state index contributed by atoms with van der Waals surface area (Å²) < 4.78 is 0. The normalized spacial score (nSPS) is 13.3. The van der Waals surface area contributed by atoms with Crippen LogP contribution in [0.5, 0.6) is 0 Å². The number of rotatable bonds is 3. The van der Waals surface area contributed by atoms with Crippen molar-refractivity contribution < 1.29 is 0 Å². The maximum absolute atomic E-state index is 4.37. The lowest BCUT2D eigenvalue weighted by molar-refractivity contribution is 0.587. The number of hydrogen-bond donors (Lipinski definition) is 1. The van der Waals surface area contributed by atoms with Gasteiger partial charge in [-0.05, 0) is 24.0 Å². The predicted molar refractivity (Wildman–Crippen MR) is 66.2 cm³/mol. The number of hydrogen-bond acceptors (Lipinski definition) is 2. The predicted octanol–water partition coefficient (Wildman–Crippen LogP) is 3.37. The molecule has 0 spiro atoms. The zero-order chi connectivity index (χ0) is 11.5. The van der Waals surface area contributed by atoms with Gasteiger partial charge in [-0.1, -0.05) is 32.9 Å². The zero-order valence-electron chi connectivity index (χ0n) is 10.0. The molecule has 0 aromatic carbocycles. The molecule has 2 heteroatoms. The van der Waals surface area contributed by atoms with Gasteiger partial charge in [0.1, 0.15) is 5.82 Å². The minimum atomic E-state index is 0.162. The minimum Gasteiger partial charge on any atom is -0.364 e. The zero-order valence-corrected chi connectivity index (χ0v) is 10.0. The van der Waals surface area contributed by atoms with Gasteiger partial charge < -0.3 is 5.32 Å². The number of nitrogens with one attached hydrogen (secondary N) is 1. The summed E-state index contributed by atoms with van der Waals surface area (Å²) in [6.45, 7) is 12.3. The fourth-order valence-corrected chi connectivity index (χ4v) is 1.22. The third-order valence-corrected chi connectivity index (χ3v) is 2.36. The Kier molecular flexibility index (Phi) is 3.51. The molecule has 1 rings (SSSR count). The van der Waals surface area contributed by atoms with Crippen LogP contribution in [-0.4, -0.2) is 11.0 Å². The van der Waals surface area contributed by atoms with E-state index in [2.05, 4.69) is 43.7 Å². The van der Waals surface area contributed by atoms with E-state index in [0.29, 0.717) is 0 Å². The van der Waals surface area contributed by atoms with Crippen LogP contribution >= 0.6 is 0 Å². The summed E-state index contributed by atoms with van der Waals surface area (Å²) in [7, 11) is 0. The molecule has 15 heavy (non-hydrogen) atoms. The van der Waals surface area contributed by atoms with E-state index in [4.69, 9.17) is 0 Å². The fraction of sp³-hybridized carbons (Fsp3) is 0.462. The lowest BCUT2D eigenvalue weighted by Crippen LogP contribution is -2.14. The van der Waals surface area contributed by atoms with E-state index in [1.165, 1.54) is 5.56 Å². The first-order valence-electron chi connectivity index (χ1n) is 5.29. The first-order valence-corrected chi connectivity index (χ1v) is 5.29. The number of nitrogens with zero attached hydrogens (tertiary/aromatic N) is 1. The molecule has 0 aliphatic rings. The van der Waals surface area contributed by atoms with Gasteiger partial charge in [-0.2, -0.15) is 0 Å². The van der Waals surface area contributed by atoms with E-state index in [1.807, 2.05) is 25.3 Å². The molecule has 0 aliphatic heterocycles. The Morgan fingerprint density at radius 1 is 1.40 bits per heavy atom. The van der Waals surface area contributed by atoms with Crippen molar-refractivity contribution in [2.75, 3.05) is 5.32 Å². The summed E-state index contributed by atoms with van der Waals surface area (Å²) in [5.74, 6) is 0.899. The molecule has 1 N–H and O–H groups in total. The molecule has 1 aromatic rings. The molecule has 0 radical (unpaired) electrons. The molecule has 0 saturated carbocycles. The van der Waals surface area contributed by atoms with Crippen molar-refractivity contribution in [3.05, 3.63) is 36.5 Å². The van der Waals surface area contributed by atoms with Crippen LogP contribution in [0.15, 0.2) is 31.0 Å². The Bertz CT molecular complexity index is 319. The molecule has 1 atom stereocenters. The Morgan fingerprint density at radius 2 is 2.07 bits per heavy atom. The van der Waals surface area contributed by atoms with Gasteiger partial charge in [-0.15, -0.1) is 6.58 Å². The monoisotopic (exact) mass is 204 g/mol. The number of aromatic nitrogens is 1. The standard InChI is InChI=1S/C13H20N2/c1-6-10(2)15-12-8-7-11(9-14-12)13(3,4)5/h6-10H,1H2,2-5H3,(H,14,15). The maximum Gasteiger partial charge on any atom is 0.126 e. The molecule has 82 valence electrons. The van der Waals surface area contributed by atoms with Crippen LogP contribution in [-0.2, 0) is 5.41 Å². The van der Waals surface area contributed by atoms with Crippen LogP contribution in [0.3, 0.4) is 0 Å². The smallest absolute Gasteiger partial charge is 0.126 e. The Morgan fingerprint density at radius 3 is 2.47 bits per heavy atom. The average molecular weight is 204 g/mol. The Balaban J connectivity index is 2.77. The summed E-state index contributed by atoms with van der Waals surface area (Å²) >= 11 is 0. The summed E-state index contributed by atoms with van der Waals surface area (Å²) in [6, 6.07) is 4.38. The van der Waals surface area contributed by atoms with E-state index < -0.39 is 0 Å². The molecule has 0 amide bonds. The summed E-state index contributed by atoms with van der Waals surface area (Å²) in [5.41, 5.74) is 1.41. The van der Waals surface area contributed by atoms with Crippen molar-refractivity contribution in [1.29, 1.82) is 0 Å². The van der Waals surface area contributed by atoms with Gasteiger partial charge >= 0.3 is 0 Å². The topological polar surface area (TPSA) is 24.9 Å². The van der Waals surface area contributed by atoms with Crippen molar-refractivity contribution >= 4 is 5.82 Å². The second kappa shape index (κ2) is 4.47. The molecule has 2 nitrogen and oxygen atoms in total. The Labute approximate surface area is 92.4 Å². The largest absolute Gasteiger partial charge is 0.364 e.